The van der Waals surface area contributed by atoms with Crippen molar-refractivity contribution in [1.29, 1.82) is 0 Å². The van der Waals surface area contributed by atoms with Crippen molar-refractivity contribution in [1.82, 2.24) is 15.1 Å². The van der Waals surface area contributed by atoms with Crippen molar-refractivity contribution < 1.29 is 14.3 Å². The number of nitrogens with zero attached hydrogens (tertiary/aromatic N) is 2. The fraction of sp³-hybridized carbons (Fsp3) is 0.278. The number of halogens is 2. The standard InChI is InChI=1S/C18H19Cl2N3O3/c1-12-15(7-8-16(24)21-10-9-17(25)26-2)18(20)23(22-12)11-13-3-5-14(19)6-4-13/h3-8H,9-11H2,1-2H3,(H,21,24)/b8-7+. The topological polar surface area (TPSA) is 73.2 Å². The predicted molar refractivity (Wildman–Crippen MR) is 101 cm³/mol. The number of amides is 1. The Bertz CT molecular complexity index is 814. The van der Waals surface area contributed by atoms with Crippen molar-refractivity contribution in [2.45, 2.75) is 19.9 Å². The van der Waals surface area contributed by atoms with Crippen LogP contribution in [-0.2, 0) is 20.9 Å². The number of rotatable bonds is 7. The van der Waals surface area contributed by atoms with Crippen molar-refractivity contribution >= 4 is 41.2 Å². The molecule has 0 unspecified atom stereocenters. The van der Waals surface area contributed by atoms with Gasteiger partial charge in [-0.25, -0.2) is 4.68 Å². The lowest BCUT2D eigenvalue weighted by Gasteiger charge is -2.04. The largest absolute Gasteiger partial charge is 0.469 e. The van der Waals surface area contributed by atoms with Gasteiger partial charge in [-0.15, -0.1) is 0 Å². The summed E-state index contributed by atoms with van der Waals surface area (Å²) in [5.74, 6) is -0.702. The molecule has 0 spiro atoms. The van der Waals surface area contributed by atoms with Gasteiger partial charge >= 0.3 is 5.97 Å². The van der Waals surface area contributed by atoms with Crippen molar-refractivity contribution in [3.8, 4) is 0 Å². The van der Waals surface area contributed by atoms with E-state index in [4.69, 9.17) is 23.2 Å². The second-order valence-electron chi connectivity index (χ2n) is 5.52. The molecule has 0 saturated carbocycles. The minimum absolute atomic E-state index is 0.120. The predicted octanol–water partition coefficient (Wildman–Crippen LogP) is 3.24. The number of aryl methyl sites for hydroxylation is 1. The number of benzene rings is 1. The van der Waals surface area contributed by atoms with E-state index in [1.807, 2.05) is 19.1 Å². The summed E-state index contributed by atoms with van der Waals surface area (Å²) in [6.45, 7) is 2.52. The molecule has 1 aromatic carbocycles. The lowest BCUT2D eigenvalue weighted by Crippen LogP contribution is -2.24. The van der Waals surface area contributed by atoms with Crippen LogP contribution >= 0.6 is 23.2 Å². The fourth-order valence-electron chi connectivity index (χ4n) is 2.23. The van der Waals surface area contributed by atoms with Gasteiger partial charge in [-0.05, 0) is 30.7 Å². The summed E-state index contributed by atoms with van der Waals surface area (Å²) in [6, 6.07) is 7.42. The number of carbonyl (C=O) groups excluding carboxylic acids is 2. The molecule has 0 bridgehead atoms. The molecule has 8 heteroatoms. The Morgan fingerprint density at radius 2 is 1.96 bits per heavy atom. The van der Waals surface area contributed by atoms with Crippen molar-refractivity contribution in [2.24, 2.45) is 0 Å². The molecule has 0 aliphatic carbocycles. The summed E-state index contributed by atoms with van der Waals surface area (Å²) >= 11 is 12.3. The average Bonchev–Trinajstić information content (AvgIpc) is 2.88. The number of ether oxygens (including phenoxy) is 1. The molecule has 0 aliphatic heterocycles. The van der Waals surface area contributed by atoms with Gasteiger partial charge in [-0.3, -0.25) is 9.59 Å². The molecule has 0 radical (unpaired) electrons. The van der Waals surface area contributed by atoms with E-state index in [0.717, 1.165) is 5.56 Å². The van der Waals surface area contributed by atoms with Crippen LogP contribution in [0.25, 0.3) is 6.08 Å². The van der Waals surface area contributed by atoms with Gasteiger partial charge in [0, 0.05) is 23.2 Å². The highest BCUT2D eigenvalue weighted by Gasteiger charge is 2.12. The summed E-state index contributed by atoms with van der Waals surface area (Å²) in [7, 11) is 1.30. The van der Waals surface area contributed by atoms with E-state index >= 15 is 0 Å². The van der Waals surface area contributed by atoms with Crippen LogP contribution in [-0.4, -0.2) is 35.3 Å². The van der Waals surface area contributed by atoms with Gasteiger partial charge in [0.05, 0.1) is 25.8 Å². The molecule has 0 fully saturated rings. The maximum Gasteiger partial charge on any atom is 0.307 e. The minimum atomic E-state index is -0.378. The Balaban J connectivity index is 2.01. The summed E-state index contributed by atoms with van der Waals surface area (Å²) in [5.41, 5.74) is 2.39. The Morgan fingerprint density at radius 1 is 1.27 bits per heavy atom. The fourth-order valence-corrected chi connectivity index (χ4v) is 2.66. The highest BCUT2D eigenvalue weighted by atomic mass is 35.5. The number of methoxy groups -OCH3 is 1. The van der Waals surface area contributed by atoms with Gasteiger partial charge in [-0.2, -0.15) is 5.10 Å². The number of hydrogen-bond donors (Lipinski definition) is 1. The van der Waals surface area contributed by atoms with Gasteiger partial charge in [-0.1, -0.05) is 35.3 Å². The third-order valence-electron chi connectivity index (χ3n) is 3.61. The molecule has 1 aromatic heterocycles. The number of carbonyl (C=O) groups is 2. The molecular weight excluding hydrogens is 377 g/mol. The number of nitrogens with one attached hydrogen (secondary N) is 1. The monoisotopic (exact) mass is 395 g/mol. The van der Waals surface area contributed by atoms with Crippen LogP contribution in [0.5, 0.6) is 0 Å². The summed E-state index contributed by atoms with van der Waals surface area (Å²) in [4.78, 5) is 22.8. The minimum Gasteiger partial charge on any atom is -0.469 e. The van der Waals surface area contributed by atoms with Gasteiger partial charge in [0.25, 0.3) is 0 Å². The lowest BCUT2D eigenvalue weighted by atomic mass is 10.2. The van der Waals surface area contributed by atoms with Crippen LogP contribution in [0.1, 0.15) is 23.2 Å². The maximum absolute atomic E-state index is 11.8. The molecule has 0 atom stereocenters. The first kappa shape index (κ1) is 20.0. The zero-order valence-electron chi connectivity index (χ0n) is 14.5. The van der Waals surface area contributed by atoms with E-state index in [2.05, 4.69) is 15.2 Å². The van der Waals surface area contributed by atoms with E-state index in [9.17, 15) is 9.59 Å². The van der Waals surface area contributed by atoms with Crippen LogP contribution in [0.3, 0.4) is 0 Å². The van der Waals surface area contributed by atoms with Gasteiger partial charge in [0.15, 0.2) is 0 Å². The molecule has 2 aromatic rings. The molecule has 26 heavy (non-hydrogen) atoms. The molecule has 0 aliphatic rings. The van der Waals surface area contributed by atoms with Gasteiger partial charge in [0.2, 0.25) is 5.91 Å². The van der Waals surface area contributed by atoms with Crippen molar-refractivity contribution in [3.63, 3.8) is 0 Å². The van der Waals surface area contributed by atoms with Crippen LogP contribution in [0.15, 0.2) is 30.3 Å². The Hall–Kier alpha value is -2.31. The van der Waals surface area contributed by atoms with E-state index in [1.54, 1.807) is 22.9 Å². The molecule has 0 saturated heterocycles. The second-order valence-corrected chi connectivity index (χ2v) is 6.32. The van der Waals surface area contributed by atoms with Gasteiger partial charge in [0.1, 0.15) is 5.15 Å². The molecule has 6 nitrogen and oxygen atoms in total. The molecule has 1 amide bonds. The lowest BCUT2D eigenvalue weighted by molar-refractivity contribution is -0.140. The Morgan fingerprint density at radius 3 is 2.62 bits per heavy atom. The quantitative estimate of drug-likeness (QED) is 0.576. The normalized spacial score (nSPS) is 10.9. The molecule has 138 valence electrons. The summed E-state index contributed by atoms with van der Waals surface area (Å²) < 4.78 is 6.17. The third kappa shape index (κ3) is 5.61. The van der Waals surface area contributed by atoms with E-state index in [-0.39, 0.29) is 24.8 Å². The highest BCUT2D eigenvalue weighted by Crippen LogP contribution is 2.22. The van der Waals surface area contributed by atoms with Crippen molar-refractivity contribution in [2.75, 3.05) is 13.7 Å². The molecule has 1 N–H and O–H groups in total. The van der Waals surface area contributed by atoms with Crippen LogP contribution in [0, 0.1) is 6.92 Å². The number of aromatic nitrogens is 2. The smallest absolute Gasteiger partial charge is 0.307 e. The maximum atomic E-state index is 11.8. The van der Waals surface area contributed by atoms with Crippen LogP contribution in [0.4, 0.5) is 0 Å². The zero-order valence-corrected chi connectivity index (χ0v) is 16.0. The van der Waals surface area contributed by atoms with Crippen LogP contribution in [0.2, 0.25) is 10.2 Å². The molecule has 2 rings (SSSR count). The first-order valence-corrected chi connectivity index (χ1v) is 8.66. The Kier molecular flexibility index (Phi) is 7.24. The second kappa shape index (κ2) is 9.40. The SMILES string of the molecule is COC(=O)CCNC(=O)/C=C/c1c(C)nn(Cc2ccc(Cl)cc2)c1Cl. The average molecular weight is 396 g/mol. The van der Waals surface area contributed by atoms with E-state index in [1.165, 1.54) is 13.2 Å². The molecular formula is C18H19Cl2N3O3. The van der Waals surface area contributed by atoms with E-state index in [0.29, 0.717) is 28.0 Å². The first-order valence-electron chi connectivity index (χ1n) is 7.90. The van der Waals surface area contributed by atoms with Crippen LogP contribution < -0.4 is 5.32 Å². The van der Waals surface area contributed by atoms with E-state index < -0.39 is 0 Å². The van der Waals surface area contributed by atoms with Crippen molar-refractivity contribution in [3.05, 3.63) is 57.3 Å². The number of hydrogen-bond acceptors (Lipinski definition) is 4. The highest BCUT2D eigenvalue weighted by molar-refractivity contribution is 6.31. The summed E-state index contributed by atoms with van der Waals surface area (Å²) in [5, 5.41) is 8.12. The van der Waals surface area contributed by atoms with Gasteiger partial charge < -0.3 is 10.1 Å². The molecule has 1 heterocycles. The zero-order chi connectivity index (χ0) is 19.1. The third-order valence-corrected chi connectivity index (χ3v) is 4.26. The summed E-state index contributed by atoms with van der Waals surface area (Å²) in [6.07, 6.45) is 3.09. The first-order chi connectivity index (χ1) is 12.4. The number of esters is 1. The Labute approximate surface area is 161 Å².